The van der Waals surface area contributed by atoms with E-state index in [9.17, 15) is 0 Å². The van der Waals surface area contributed by atoms with Crippen LogP contribution in [0, 0.1) is 13.8 Å². The summed E-state index contributed by atoms with van der Waals surface area (Å²) in [5, 5.41) is 0.661. The van der Waals surface area contributed by atoms with Gasteiger partial charge in [-0.1, -0.05) is 29.8 Å². The lowest BCUT2D eigenvalue weighted by molar-refractivity contribution is 0.965. The number of aromatic nitrogens is 1. The average molecular weight is 388 g/mol. The summed E-state index contributed by atoms with van der Waals surface area (Å²) in [6.07, 6.45) is 1.89. The molecule has 3 aromatic rings. The number of aryl methyl sites for hydroxylation is 1. The van der Waals surface area contributed by atoms with Gasteiger partial charge in [-0.05, 0) is 66.2 Å². The Labute approximate surface area is 149 Å². The second-order valence-corrected chi connectivity index (χ2v) is 6.62. The van der Waals surface area contributed by atoms with Crippen LogP contribution in [0.4, 0.5) is 5.69 Å². The maximum Gasteiger partial charge on any atom is 0.0645 e. The molecule has 0 radical (unpaired) electrons. The van der Waals surface area contributed by atoms with E-state index in [0.29, 0.717) is 5.02 Å². The van der Waals surface area contributed by atoms with Crippen molar-refractivity contribution in [2.24, 2.45) is 4.99 Å². The Kier molecular flexibility index (Phi) is 4.69. The van der Waals surface area contributed by atoms with Gasteiger partial charge in [0.15, 0.2) is 0 Å². The lowest BCUT2D eigenvalue weighted by Crippen LogP contribution is -1.98. The Bertz CT molecular complexity index is 867. The minimum Gasteiger partial charge on any atom is -0.318 e. The van der Waals surface area contributed by atoms with Gasteiger partial charge in [0, 0.05) is 33.3 Å². The van der Waals surface area contributed by atoms with E-state index in [2.05, 4.69) is 57.5 Å². The molecule has 0 spiro atoms. The molecule has 0 aliphatic heterocycles. The predicted molar refractivity (Wildman–Crippen MR) is 102 cm³/mol. The van der Waals surface area contributed by atoms with Crippen molar-refractivity contribution in [1.29, 1.82) is 0 Å². The van der Waals surface area contributed by atoms with Crippen molar-refractivity contribution in [3.63, 3.8) is 0 Å². The summed E-state index contributed by atoms with van der Waals surface area (Å²) in [5.74, 6) is 0. The van der Waals surface area contributed by atoms with Gasteiger partial charge in [-0.25, -0.2) is 0 Å². The van der Waals surface area contributed by atoms with Crippen molar-refractivity contribution in [1.82, 2.24) is 4.57 Å². The predicted octanol–water partition coefficient (Wildman–Crippen LogP) is 6.26. The Balaban J connectivity index is 1.95. The van der Waals surface area contributed by atoms with Crippen LogP contribution in [0.2, 0.25) is 5.02 Å². The van der Waals surface area contributed by atoms with E-state index in [0.717, 1.165) is 21.4 Å². The Hall–Kier alpha value is -1.84. The molecule has 0 aliphatic carbocycles. The van der Waals surface area contributed by atoms with Gasteiger partial charge in [0.1, 0.15) is 0 Å². The summed E-state index contributed by atoms with van der Waals surface area (Å²) in [6.45, 7) is 4.21. The maximum atomic E-state index is 6.11. The molecule has 0 unspecified atom stereocenters. The van der Waals surface area contributed by atoms with Crippen LogP contribution in [-0.4, -0.2) is 10.8 Å². The third-order valence-electron chi connectivity index (χ3n) is 3.74. The minimum absolute atomic E-state index is 0.661. The molecule has 0 aliphatic rings. The molecule has 0 fully saturated rings. The number of hydrogen-bond acceptors (Lipinski definition) is 1. The normalized spacial score (nSPS) is 11.3. The third-order valence-corrected chi connectivity index (χ3v) is 4.97. The number of aliphatic imine (C=N–C) groups is 1. The van der Waals surface area contributed by atoms with Crippen LogP contribution in [0.3, 0.4) is 0 Å². The summed E-state index contributed by atoms with van der Waals surface area (Å²) in [4.78, 5) is 4.54. The molecule has 1 aromatic heterocycles. The number of para-hydroxylation sites is 1. The highest BCUT2D eigenvalue weighted by Crippen LogP contribution is 2.27. The molecule has 2 aromatic carbocycles. The zero-order valence-corrected chi connectivity index (χ0v) is 15.3. The van der Waals surface area contributed by atoms with Gasteiger partial charge in [-0.2, -0.15) is 0 Å². The maximum absolute atomic E-state index is 6.11. The largest absolute Gasteiger partial charge is 0.318 e. The Morgan fingerprint density at radius 2 is 1.78 bits per heavy atom. The van der Waals surface area contributed by atoms with Crippen LogP contribution < -0.4 is 0 Å². The van der Waals surface area contributed by atoms with Crippen molar-refractivity contribution < 1.29 is 0 Å². The van der Waals surface area contributed by atoms with Crippen molar-refractivity contribution >= 4 is 39.4 Å². The molecule has 3 rings (SSSR count). The molecule has 0 N–H and O–H groups in total. The van der Waals surface area contributed by atoms with Crippen LogP contribution in [0.5, 0.6) is 0 Å². The zero-order chi connectivity index (χ0) is 16.4. The smallest absolute Gasteiger partial charge is 0.0645 e. The molecular weight excluding hydrogens is 372 g/mol. The molecule has 4 heteroatoms. The number of rotatable bonds is 3. The number of hydrogen-bond donors (Lipinski definition) is 0. The van der Waals surface area contributed by atoms with E-state index in [1.165, 1.54) is 11.4 Å². The number of benzene rings is 2. The van der Waals surface area contributed by atoms with Crippen LogP contribution >= 0.6 is 27.5 Å². The summed E-state index contributed by atoms with van der Waals surface area (Å²) < 4.78 is 3.11. The molecule has 0 amide bonds. The monoisotopic (exact) mass is 386 g/mol. The highest BCUT2D eigenvalue weighted by atomic mass is 79.9. The highest BCUT2D eigenvalue weighted by molar-refractivity contribution is 9.10. The fourth-order valence-corrected chi connectivity index (χ4v) is 3.02. The highest BCUT2D eigenvalue weighted by Gasteiger charge is 2.09. The molecule has 2 nitrogen and oxygen atoms in total. The summed E-state index contributed by atoms with van der Waals surface area (Å²) >= 11 is 9.50. The lowest BCUT2D eigenvalue weighted by Gasteiger charge is -2.08. The van der Waals surface area contributed by atoms with Gasteiger partial charge >= 0.3 is 0 Å². The van der Waals surface area contributed by atoms with Crippen molar-refractivity contribution in [3.8, 4) is 5.69 Å². The van der Waals surface area contributed by atoms with Crippen molar-refractivity contribution in [3.05, 3.63) is 81.0 Å². The zero-order valence-electron chi connectivity index (χ0n) is 12.9. The van der Waals surface area contributed by atoms with Gasteiger partial charge in [0.2, 0.25) is 0 Å². The standard InChI is InChI=1S/C19H16BrClN2/c1-13-10-15(12-22-16-8-9-18(20)19(21)11-16)14(2)23(13)17-6-4-3-5-7-17/h3-12H,1-2H3. The van der Waals surface area contributed by atoms with Gasteiger partial charge in [0.25, 0.3) is 0 Å². The fourth-order valence-electron chi connectivity index (χ4n) is 2.60. The molecule has 0 saturated carbocycles. The number of halogens is 2. The molecule has 116 valence electrons. The average Bonchev–Trinajstić information content (AvgIpc) is 2.83. The number of nitrogens with zero attached hydrogens (tertiary/aromatic N) is 2. The first-order valence-electron chi connectivity index (χ1n) is 7.30. The Morgan fingerprint density at radius 1 is 1.04 bits per heavy atom. The summed E-state index contributed by atoms with van der Waals surface area (Å²) in [6, 6.07) is 18.2. The SMILES string of the molecule is Cc1cc(C=Nc2ccc(Br)c(Cl)c2)c(C)n1-c1ccccc1. The molecule has 0 atom stereocenters. The van der Waals surface area contributed by atoms with E-state index in [1.54, 1.807) is 0 Å². The minimum atomic E-state index is 0.661. The van der Waals surface area contributed by atoms with E-state index >= 15 is 0 Å². The van der Waals surface area contributed by atoms with Gasteiger partial charge in [-0.3, -0.25) is 4.99 Å². The molecule has 23 heavy (non-hydrogen) atoms. The van der Waals surface area contributed by atoms with E-state index < -0.39 is 0 Å². The molecule has 0 bridgehead atoms. The summed E-state index contributed by atoms with van der Waals surface area (Å²) in [7, 11) is 0. The lowest BCUT2D eigenvalue weighted by atomic mass is 10.2. The van der Waals surface area contributed by atoms with Crippen LogP contribution in [-0.2, 0) is 0 Å². The fraction of sp³-hybridized carbons (Fsp3) is 0.105. The van der Waals surface area contributed by atoms with Crippen molar-refractivity contribution in [2.45, 2.75) is 13.8 Å². The van der Waals surface area contributed by atoms with Gasteiger partial charge in [0.05, 0.1) is 10.7 Å². The van der Waals surface area contributed by atoms with Gasteiger partial charge < -0.3 is 4.57 Å². The van der Waals surface area contributed by atoms with Gasteiger partial charge in [-0.15, -0.1) is 0 Å². The topological polar surface area (TPSA) is 17.3 Å². The van der Waals surface area contributed by atoms with Crippen LogP contribution in [0.25, 0.3) is 5.69 Å². The van der Waals surface area contributed by atoms with E-state index in [-0.39, 0.29) is 0 Å². The molecule has 0 saturated heterocycles. The first kappa shape index (κ1) is 16.0. The van der Waals surface area contributed by atoms with Crippen LogP contribution in [0.15, 0.2) is 64.1 Å². The summed E-state index contributed by atoms with van der Waals surface area (Å²) in [5.41, 5.74) is 5.45. The third kappa shape index (κ3) is 3.41. The van der Waals surface area contributed by atoms with E-state index in [1.807, 2.05) is 42.6 Å². The second kappa shape index (κ2) is 6.73. The first-order valence-corrected chi connectivity index (χ1v) is 8.47. The second-order valence-electron chi connectivity index (χ2n) is 5.35. The van der Waals surface area contributed by atoms with Crippen LogP contribution in [0.1, 0.15) is 17.0 Å². The Morgan fingerprint density at radius 3 is 2.48 bits per heavy atom. The molecular formula is C19H16BrClN2. The molecule has 1 heterocycles. The van der Waals surface area contributed by atoms with E-state index in [4.69, 9.17) is 11.6 Å². The quantitative estimate of drug-likeness (QED) is 0.472. The van der Waals surface area contributed by atoms with Crippen molar-refractivity contribution in [2.75, 3.05) is 0 Å². The first-order chi connectivity index (χ1) is 11.1.